The first-order valence-corrected chi connectivity index (χ1v) is 6.35. The maximum atomic E-state index is 4.74. The van der Waals surface area contributed by atoms with E-state index in [0.29, 0.717) is 0 Å². The van der Waals surface area contributed by atoms with Gasteiger partial charge in [0, 0.05) is 17.6 Å². The Kier molecular flexibility index (Phi) is 2.03. The van der Waals surface area contributed by atoms with E-state index in [1.807, 2.05) is 36.4 Å². The molecule has 0 radical (unpaired) electrons. The molecular formula is C16H13N3. The first-order chi connectivity index (χ1) is 9.34. The molecule has 92 valence electrons. The molecule has 2 heterocycles. The molecule has 0 bridgehead atoms. The normalized spacial score (nSPS) is 11.4. The molecule has 19 heavy (non-hydrogen) atoms. The molecule has 0 fully saturated rings. The molecule has 0 saturated heterocycles. The lowest BCUT2D eigenvalue weighted by Crippen LogP contribution is -1.96. The molecule has 0 aliphatic carbocycles. The van der Waals surface area contributed by atoms with Crippen molar-refractivity contribution in [1.29, 1.82) is 0 Å². The lowest BCUT2D eigenvalue weighted by molar-refractivity contribution is 1.03. The summed E-state index contributed by atoms with van der Waals surface area (Å²) < 4.78 is 4.33. The highest BCUT2D eigenvalue weighted by Crippen LogP contribution is 2.22. The number of rotatable bonds is 1. The summed E-state index contributed by atoms with van der Waals surface area (Å²) in [5, 5.41) is 0. The smallest absolute Gasteiger partial charge is 0.219 e. The second-order valence-corrected chi connectivity index (χ2v) is 4.71. The van der Waals surface area contributed by atoms with Crippen LogP contribution in [0.15, 0.2) is 60.8 Å². The lowest BCUT2D eigenvalue weighted by atomic mass is 10.3. The Labute approximate surface area is 110 Å². The fraction of sp³-hybridized carbons (Fsp3) is 0.0625. The van der Waals surface area contributed by atoms with Gasteiger partial charge in [0.15, 0.2) is 0 Å². The molecule has 2 aromatic carbocycles. The average molecular weight is 247 g/mol. The number of imidazole rings is 2. The molecular weight excluding hydrogens is 234 g/mol. The SMILES string of the molecule is Cc1cn2c3ccccc3nc2n1-c1ccccc1. The van der Waals surface area contributed by atoms with Gasteiger partial charge in [-0.25, -0.2) is 4.98 Å². The summed E-state index contributed by atoms with van der Waals surface area (Å²) >= 11 is 0. The Morgan fingerprint density at radius 1 is 0.895 bits per heavy atom. The number of nitrogens with zero attached hydrogens (tertiary/aromatic N) is 3. The van der Waals surface area contributed by atoms with E-state index >= 15 is 0 Å². The molecule has 0 N–H and O–H groups in total. The highest BCUT2D eigenvalue weighted by atomic mass is 15.2. The first-order valence-electron chi connectivity index (χ1n) is 6.35. The van der Waals surface area contributed by atoms with Crippen LogP contribution < -0.4 is 0 Å². The van der Waals surface area contributed by atoms with Crippen molar-refractivity contribution >= 4 is 16.8 Å². The lowest BCUT2D eigenvalue weighted by Gasteiger charge is -2.04. The molecule has 0 atom stereocenters. The molecule has 3 heteroatoms. The Balaban J connectivity index is 2.13. The van der Waals surface area contributed by atoms with Gasteiger partial charge < -0.3 is 0 Å². The Morgan fingerprint density at radius 3 is 2.47 bits per heavy atom. The maximum absolute atomic E-state index is 4.74. The van der Waals surface area contributed by atoms with Crippen LogP contribution in [0.4, 0.5) is 0 Å². The van der Waals surface area contributed by atoms with E-state index in [0.717, 1.165) is 22.5 Å². The number of para-hydroxylation sites is 3. The highest BCUT2D eigenvalue weighted by Gasteiger charge is 2.12. The molecule has 0 amide bonds. The second-order valence-electron chi connectivity index (χ2n) is 4.71. The zero-order valence-electron chi connectivity index (χ0n) is 10.6. The van der Waals surface area contributed by atoms with E-state index in [1.165, 1.54) is 5.69 Å². The van der Waals surface area contributed by atoms with E-state index < -0.39 is 0 Å². The molecule has 0 aliphatic heterocycles. The zero-order valence-corrected chi connectivity index (χ0v) is 10.6. The highest BCUT2D eigenvalue weighted by molar-refractivity contribution is 5.80. The number of hydrogen-bond donors (Lipinski definition) is 0. The van der Waals surface area contributed by atoms with Crippen LogP contribution in [0.2, 0.25) is 0 Å². The van der Waals surface area contributed by atoms with Crippen LogP contribution in [0, 0.1) is 6.92 Å². The summed E-state index contributed by atoms with van der Waals surface area (Å²) in [5.41, 5.74) is 4.50. The predicted molar refractivity (Wildman–Crippen MR) is 76.8 cm³/mol. The van der Waals surface area contributed by atoms with Crippen molar-refractivity contribution in [2.45, 2.75) is 6.92 Å². The van der Waals surface area contributed by atoms with Gasteiger partial charge in [0.05, 0.1) is 11.0 Å². The fourth-order valence-electron chi connectivity index (χ4n) is 2.62. The van der Waals surface area contributed by atoms with Gasteiger partial charge in [-0.2, -0.15) is 0 Å². The summed E-state index contributed by atoms with van der Waals surface area (Å²) in [6, 6.07) is 18.6. The molecule has 0 saturated carbocycles. The van der Waals surface area contributed by atoms with Crippen LogP contribution in [0.3, 0.4) is 0 Å². The van der Waals surface area contributed by atoms with Crippen molar-refractivity contribution in [3.63, 3.8) is 0 Å². The average Bonchev–Trinajstić information content (AvgIpc) is 2.94. The summed E-state index contributed by atoms with van der Waals surface area (Å²) in [7, 11) is 0. The molecule has 3 nitrogen and oxygen atoms in total. The molecule has 0 spiro atoms. The van der Waals surface area contributed by atoms with Gasteiger partial charge in [0.25, 0.3) is 0 Å². The molecule has 0 unspecified atom stereocenters. The second kappa shape index (κ2) is 3.72. The van der Waals surface area contributed by atoms with Crippen LogP contribution in [0.1, 0.15) is 5.69 Å². The van der Waals surface area contributed by atoms with E-state index in [9.17, 15) is 0 Å². The summed E-state index contributed by atoms with van der Waals surface area (Å²) in [4.78, 5) is 4.74. The van der Waals surface area contributed by atoms with Crippen molar-refractivity contribution in [1.82, 2.24) is 14.0 Å². The van der Waals surface area contributed by atoms with Crippen molar-refractivity contribution in [2.75, 3.05) is 0 Å². The van der Waals surface area contributed by atoms with Gasteiger partial charge in [0.2, 0.25) is 5.78 Å². The van der Waals surface area contributed by atoms with Crippen LogP contribution in [0.25, 0.3) is 22.5 Å². The van der Waals surface area contributed by atoms with Crippen molar-refractivity contribution in [2.24, 2.45) is 0 Å². The van der Waals surface area contributed by atoms with Gasteiger partial charge in [-0.3, -0.25) is 8.97 Å². The third-order valence-electron chi connectivity index (χ3n) is 3.46. The predicted octanol–water partition coefficient (Wildman–Crippen LogP) is 3.59. The van der Waals surface area contributed by atoms with Crippen LogP contribution in [-0.4, -0.2) is 14.0 Å². The first kappa shape index (κ1) is 10.4. The zero-order chi connectivity index (χ0) is 12.8. The van der Waals surface area contributed by atoms with Crippen LogP contribution >= 0.6 is 0 Å². The molecule has 4 rings (SSSR count). The number of aromatic nitrogens is 3. The van der Waals surface area contributed by atoms with Gasteiger partial charge in [-0.1, -0.05) is 30.3 Å². The number of benzene rings is 2. The molecule has 2 aromatic heterocycles. The standard InChI is InChI=1S/C16H13N3/c1-12-11-18-15-10-6-5-9-14(15)17-16(18)19(12)13-7-3-2-4-8-13/h2-11H,1H3. The Hall–Kier alpha value is -2.55. The topological polar surface area (TPSA) is 22.2 Å². The molecule has 4 aromatic rings. The fourth-order valence-corrected chi connectivity index (χ4v) is 2.62. The minimum Gasteiger partial charge on any atom is -0.283 e. The largest absolute Gasteiger partial charge is 0.283 e. The minimum atomic E-state index is 0.963. The summed E-state index contributed by atoms with van der Waals surface area (Å²) in [6.45, 7) is 2.11. The van der Waals surface area contributed by atoms with Crippen molar-refractivity contribution in [3.05, 3.63) is 66.5 Å². The van der Waals surface area contributed by atoms with Gasteiger partial charge in [-0.15, -0.1) is 0 Å². The van der Waals surface area contributed by atoms with Gasteiger partial charge in [-0.05, 0) is 31.2 Å². The third kappa shape index (κ3) is 1.41. The van der Waals surface area contributed by atoms with Gasteiger partial charge in [0.1, 0.15) is 0 Å². The number of aryl methyl sites for hydroxylation is 1. The minimum absolute atomic E-state index is 0.963. The van der Waals surface area contributed by atoms with E-state index in [-0.39, 0.29) is 0 Å². The van der Waals surface area contributed by atoms with Crippen molar-refractivity contribution in [3.8, 4) is 5.69 Å². The van der Waals surface area contributed by atoms with Crippen LogP contribution in [0.5, 0.6) is 0 Å². The van der Waals surface area contributed by atoms with E-state index in [1.54, 1.807) is 0 Å². The third-order valence-corrected chi connectivity index (χ3v) is 3.46. The monoisotopic (exact) mass is 247 g/mol. The van der Waals surface area contributed by atoms with E-state index in [4.69, 9.17) is 4.98 Å². The van der Waals surface area contributed by atoms with Crippen LogP contribution in [-0.2, 0) is 0 Å². The number of hydrogen-bond acceptors (Lipinski definition) is 1. The van der Waals surface area contributed by atoms with E-state index in [2.05, 4.69) is 40.3 Å². The number of fused-ring (bicyclic) bond motifs is 3. The summed E-state index contributed by atoms with van der Waals surface area (Å²) in [6.07, 6.45) is 2.14. The summed E-state index contributed by atoms with van der Waals surface area (Å²) in [5.74, 6) is 0.963. The molecule has 0 aliphatic rings. The Bertz CT molecular complexity index is 869. The maximum Gasteiger partial charge on any atom is 0.219 e. The Morgan fingerprint density at radius 2 is 1.63 bits per heavy atom. The van der Waals surface area contributed by atoms with Gasteiger partial charge >= 0.3 is 0 Å². The quantitative estimate of drug-likeness (QED) is 0.504. The van der Waals surface area contributed by atoms with Crippen molar-refractivity contribution < 1.29 is 0 Å².